The quantitative estimate of drug-likeness (QED) is 0.805. The lowest BCUT2D eigenvalue weighted by atomic mass is 10.0. The molecule has 0 atom stereocenters. The third kappa shape index (κ3) is 4.10. The van der Waals surface area contributed by atoms with Crippen molar-refractivity contribution in [3.63, 3.8) is 0 Å². The number of halogens is 2. The molecule has 1 N–H and O–H groups in total. The van der Waals surface area contributed by atoms with E-state index in [1.165, 1.54) is 12.4 Å². The average molecular weight is 320 g/mol. The van der Waals surface area contributed by atoms with Crippen LogP contribution in [0, 0.1) is 11.3 Å². The van der Waals surface area contributed by atoms with Crippen LogP contribution in [-0.4, -0.2) is 11.3 Å². The van der Waals surface area contributed by atoms with Crippen LogP contribution >= 0.6 is 0 Å². The Labute approximate surface area is 134 Å². The van der Waals surface area contributed by atoms with E-state index in [4.69, 9.17) is 5.26 Å². The van der Waals surface area contributed by atoms with E-state index in [0.717, 1.165) is 6.08 Å². The molecule has 0 fully saturated rings. The maximum Gasteiger partial charge on any atom is 0.586 e. The van der Waals surface area contributed by atoms with Crippen LogP contribution in [0.25, 0.3) is 5.57 Å². The molecule has 23 heavy (non-hydrogen) atoms. The number of aromatic amines is 1. The van der Waals surface area contributed by atoms with Gasteiger partial charge in [0.1, 0.15) is 6.07 Å². The molecule has 2 heterocycles. The molecule has 0 aliphatic carbocycles. The van der Waals surface area contributed by atoms with E-state index in [-0.39, 0.29) is 11.5 Å². The van der Waals surface area contributed by atoms with E-state index in [1.54, 1.807) is 25.2 Å². The van der Waals surface area contributed by atoms with Crippen molar-refractivity contribution in [1.82, 2.24) is 4.98 Å². The van der Waals surface area contributed by atoms with Crippen LogP contribution in [-0.2, 0) is 9.47 Å². The van der Waals surface area contributed by atoms with Crippen molar-refractivity contribution in [2.24, 2.45) is 0 Å². The molecule has 0 unspecified atom stereocenters. The van der Waals surface area contributed by atoms with Crippen molar-refractivity contribution < 1.29 is 18.3 Å². The fourth-order valence-electron chi connectivity index (χ4n) is 1.85. The SMILES string of the molecule is C=CC1=C(/C(=C\C=C\C)c2c[nH]cc2C#N)OC(F)(F)O1.CC. The standard InChI is InChI=1S/C15H12F2N2O2.C2H6/c1-3-5-6-11(12-9-19-8-10(12)7-18)14-13(4-2)20-15(16,17)21-14;1-2/h3-6,8-9,19H,2H2,1H3;1-2H3/b5-3+,11-6-;. The summed E-state index contributed by atoms with van der Waals surface area (Å²) in [5.41, 5.74) is 1.05. The summed E-state index contributed by atoms with van der Waals surface area (Å²) in [4.78, 5) is 2.76. The minimum Gasteiger partial charge on any atom is -0.395 e. The van der Waals surface area contributed by atoms with E-state index in [2.05, 4.69) is 21.0 Å². The van der Waals surface area contributed by atoms with Crippen LogP contribution in [0.4, 0.5) is 8.78 Å². The van der Waals surface area contributed by atoms with E-state index in [9.17, 15) is 8.78 Å². The van der Waals surface area contributed by atoms with Gasteiger partial charge in [-0.15, -0.1) is 8.78 Å². The number of allylic oxidation sites excluding steroid dienone is 5. The summed E-state index contributed by atoms with van der Waals surface area (Å²) < 4.78 is 35.5. The number of rotatable bonds is 4. The Kier molecular flexibility index (Phi) is 6.34. The zero-order chi connectivity index (χ0) is 17.5. The Hall–Kier alpha value is -2.81. The summed E-state index contributed by atoms with van der Waals surface area (Å²) in [6, 6.07) is 1.98. The van der Waals surface area contributed by atoms with Gasteiger partial charge in [0.2, 0.25) is 0 Å². The smallest absolute Gasteiger partial charge is 0.395 e. The molecular formula is C17H18F2N2O2. The van der Waals surface area contributed by atoms with Crippen LogP contribution in [0.1, 0.15) is 31.9 Å². The van der Waals surface area contributed by atoms with Crippen LogP contribution in [0.3, 0.4) is 0 Å². The largest absolute Gasteiger partial charge is 0.586 e. The zero-order valence-electron chi connectivity index (χ0n) is 13.2. The summed E-state index contributed by atoms with van der Waals surface area (Å²) in [5.74, 6) is -0.343. The minimum absolute atomic E-state index is 0.163. The maximum absolute atomic E-state index is 13.3. The number of ether oxygens (including phenoxy) is 2. The molecule has 0 bridgehead atoms. The molecule has 0 spiro atoms. The Bertz CT molecular complexity index is 692. The molecule has 0 amide bonds. The predicted molar refractivity (Wildman–Crippen MR) is 84.0 cm³/mol. The Morgan fingerprint density at radius 1 is 1.35 bits per heavy atom. The van der Waals surface area contributed by atoms with Gasteiger partial charge in [-0.05, 0) is 13.0 Å². The van der Waals surface area contributed by atoms with Gasteiger partial charge in [0.15, 0.2) is 11.5 Å². The fourth-order valence-corrected chi connectivity index (χ4v) is 1.85. The van der Waals surface area contributed by atoms with Gasteiger partial charge in [0.25, 0.3) is 0 Å². The number of aromatic nitrogens is 1. The van der Waals surface area contributed by atoms with Gasteiger partial charge < -0.3 is 14.5 Å². The maximum atomic E-state index is 13.3. The average Bonchev–Trinajstić information content (AvgIpc) is 3.13. The first-order valence-corrected chi connectivity index (χ1v) is 7.05. The van der Waals surface area contributed by atoms with Gasteiger partial charge in [-0.2, -0.15) is 5.26 Å². The predicted octanol–water partition coefficient (Wildman–Crippen LogP) is 4.87. The van der Waals surface area contributed by atoms with Crippen molar-refractivity contribution in [3.05, 3.63) is 65.9 Å². The van der Waals surface area contributed by atoms with E-state index in [1.807, 2.05) is 19.9 Å². The first-order valence-electron chi connectivity index (χ1n) is 7.05. The lowest BCUT2D eigenvalue weighted by molar-refractivity contribution is -0.334. The number of hydrogen-bond acceptors (Lipinski definition) is 3. The van der Waals surface area contributed by atoms with E-state index < -0.39 is 6.29 Å². The molecule has 0 saturated carbocycles. The molecular weight excluding hydrogens is 302 g/mol. The van der Waals surface area contributed by atoms with E-state index in [0.29, 0.717) is 16.7 Å². The normalized spacial score (nSPS) is 16.3. The van der Waals surface area contributed by atoms with Crippen molar-refractivity contribution in [2.45, 2.75) is 27.1 Å². The zero-order valence-corrected chi connectivity index (χ0v) is 13.2. The highest BCUT2D eigenvalue weighted by molar-refractivity contribution is 5.82. The number of nitrogens with zero attached hydrogens (tertiary/aromatic N) is 1. The third-order valence-corrected chi connectivity index (χ3v) is 2.71. The van der Waals surface area contributed by atoms with Gasteiger partial charge >= 0.3 is 6.29 Å². The van der Waals surface area contributed by atoms with Crippen molar-refractivity contribution in [2.75, 3.05) is 0 Å². The lowest BCUT2D eigenvalue weighted by Gasteiger charge is -2.09. The second-order valence-electron chi connectivity index (χ2n) is 4.07. The van der Waals surface area contributed by atoms with Gasteiger partial charge in [-0.1, -0.05) is 38.7 Å². The first-order chi connectivity index (χ1) is 11.0. The molecule has 4 nitrogen and oxygen atoms in total. The summed E-state index contributed by atoms with van der Waals surface area (Å²) >= 11 is 0. The van der Waals surface area contributed by atoms with Crippen LogP contribution in [0.5, 0.6) is 0 Å². The fraction of sp³-hybridized carbons (Fsp3) is 0.235. The molecule has 0 saturated heterocycles. The van der Waals surface area contributed by atoms with Crippen molar-refractivity contribution >= 4 is 5.57 Å². The Morgan fingerprint density at radius 3 is 2.61 bits per heavy atom. The number of nitriles is 1. The topological polar surface area (TPSA) is 58.0 Å². The van der Waals surface area contributed by atoms with Crippen molar-refractivity contribution in [1.29, 1.82) is 5.26 Å². The molecule has 1 aliphatic rings. The molecule has 2 rings (SSSR count). The number of hydrogen-bond donors (Lipinski definition) is 1. The highest BCUT2D eigenvalue weighted by Crippen LogP contribution is 2.41. The van der Waals surface area contributed by atoms with E-state index >= 15 is 0 Å². The number of H-pyrrole nitrogens is 1. The summed E-state index contributed by atoms with van der Waals surface area (Å²) in [6.45, 7) is 9.21. The van der Waals surface area contributed by atoms with Crippen LogP contribution < -0.4 is 0 Å². The number of alkyl halides is 2. The monoisotopic (exact) mass is 320 g/mol. The second-order valence-corrected chi connectivity index (χ2v) is 4.07. The highest BCUT2D eigenvalue weighted by atomic mass is 19.3. The summed E-state index contributed by atoms with van der Waals surface area (Å²) in [5, 5.41) is 9.08. The van der Waals surface area contributed by atoms with Crippen LogP contribution in [0.2, 0.25) is 0 Å². The molecule has 122 valence electrons. The molecule has 1 aromatic heterocycles. The number of nitrogens with one attached hydrogen (secondary N) is 1. The molecule has 1 aliphatic heterocycles. The van der Waals surface area contributed by atoms with Gasteiger partial charge in [-0.25, -0.2) is 0 Å². The molecule has 0 radical (unpaired) electrons. The Morgan fingerprint density at radius 2 is 2.04 bits per heavy atom. The first kappa shape index (κ1) is 18.2. The van der Waals surface area contributed by atoms with Crippen LogP contribution in [0.15, 0.2) is 54.8 Å². The van der Waals surface area contributed by atoms with Gasteiger partial charge in [0.05, 0.1) is 5.56 Å². The van der Waals surface area contributed by atoms with Crippen molar-refractivity contribution in [3.8, 4) is 6.07 Å². The summed E-state index contributed by atoms with van der Waals surface area (Å²) in [7, 11) is 0. The Balaban J connectivity index is 0.00000127. The minimum atomic E-state index is -3.75. The summed E-state index contributed by atoms with van der Waals surface area (Å²) in [6.07, 6.45) is 5.32. The second kappa shape index (κ2) is 7.99. The third-order valence-electron chi connectivity index (χ3n) is 2.71. The molecule has 0 aromatic carbocycles. The molecule has 1 aromatic rings. The highest BCUT2D eigenvalue weighted by Gasteiger charge is 2.45. The molecule has 6 heteroatoms. The lowest BCUT2D eigenvalue weighted by Crippen LogP contribution is -2.16. The van der Waals surface area contributed by atoms with Gasteiger partial charge in [-0.3, -0.25) is 0 Å². The van der Waals surface area contributed by atoms with Gasteiger partial charge in [0, 0.05) is 23.5 Å².